The van der Waals surface area contributed by atoms with Gasteiger partial charge in [-0.1, -0.05) is 97.2 Å². The van der Waals surface area contributed by atoms with Crippen molar-refractivity contribution in [1.82, 2.24) is 0 Å². The third kappa shape index (κ3) is 8.09. The predicted molar refractivity (Wildman–Crippen MR) is 140 cm³/mol. The second-order valence-electron chi connectivity index (χ2n) is 7.81. The molecule has 0 aliphatic carbocycles. The summed E-state index contributed by atoms with van der Waals surface area (Å²) in [4.78, 5) is 14.3. The molecule has 34 heavy (non-hydrogen) atoms. The summed E-state index contributed by atoms with van der Waals surface area (Å²) >= 11 is 7.70. The Kier molecular flexibility index (Phi) is 10.8. The fraction of sp³-hybridized carbons (Fsp3) is 0.241. The number of unbranched alkanes of at least 4 members (excludes halogenated alkanes) is 5. The molecule has 5 heteroatoms. The van der Waals surface area contributed by atoms with E-state index in [0.29, 0.717) is 17.2 Å². The monoisotopic (exact) mass is 489 g/mol. The molecule has 0 N–H and O–H groups in total. The van der Waals surface area contributed by atoms with Gasteiger partial charge in [0, 0.05) is 15.4 Å². The zero-order valence-electron chi connectivity index (χ0n) is 19.1. The summed E-state index contributed by atoms with van der Waals surface area (Å²) in [6.07, 6.45) is 7.93. The van der Waals surface area contributed by atoms with E-state index in [4.69, 9.17) is 16.3 Å². The minimum absolute atomic E-state index is 0.370. The summed E-state index contributed by atoms with van der Waals surface area (Å²) in [5, 5.41) is 10.2. The number of esters is 1. The Morgan fingerprint density at radius 3 is 2.26 bits per heavy atom. The number of hydrogen-bond acceptors (Lipinski definition) is 4. The van der Waals surface area contributed by atoms with Crippen molar-refractivity contribution in [2.24, 2.45) is 0 Å². The highest BCUT2D eigenvalue weighted by molar-refractivity contribution is 7.99. The van der Waals surface area contributed by atoms with Gasteiger partial charge in [0.2, 0.25) is 0 Å². The molecule has 0 saturated carbocycles. The molecular weight excluding hydrogens is 462 g/mol. The van der Waals surface area contributed by atoms with Crippen molar-refractivity contribution in [2.75, 3.05) is 6.61 Å². The van der Waals surface area contributed by atoms with Crippen molar-refractivity contribution in [3.8, 4) is 6.07 Å². The van der Waals surface area contributed by atoms with Gasteiger partial charge in [0.05, 0.1) is 28.8 Å². The molecule has 0 bridgehead atoms. The van der Waals surface area contributed by atoms with Gasteiger partial charge < -0.3 is 4.74 Å². The molecule has 0 spiro atoms. The third-order valence-electron chi connectivity index (χ3n) is 5.29. The van der Waals surface area contributed by atoms with Crippen LogP contribution in [0.5, 0.6) is 0 Å². The molecule has 3 aromatic rings. The smallest absolute Gasteiger partial charge is 0.339 e. The van der Waals surface area contributed by atoms with Crippen LogP contribution < -0.4 is 0 Å². The molecule has 0 aliphatic rings. The van der Waals surface area contributed by atoms with Crippen molar-refractivity contribution >= 4 is 34.9 Å². The van der Waals surface area contributed by atoms with Gasteiger partial charge in [-0.05, 0) is 49.6 Å². The lowest BCUT2D eigenvalue weighted by molar-refractivity contribution is 0.0498. The highest BCUT2D eigenvalue weighted by Gasteiger charge is 2.10. The molecule has 0 heterocycles. The van der Waals surface area contributed by atoms with Crippen molar-refractivity contribution in [3.63, 3.8) is 0 Å². The number of nitrogens with zero attached hydrogens (tertiary/aromatic N) is 1. The van der Waals surface area contributed by atoms with Crippen LogP contribution in [0.15, 0.2) is 94.7 Å². The number of ether oxygens (including phenoxy) is 1. The normalized spacial score (nSPS) is 11.1. The number of allylic oxidation sites excluding steroid dienone is 2. The molecule has 3 nitrogen and oxygen atoms in total. The maximum atomic E-state index is 12.0. The number of carbonyl (C=O) groups excluding carboxylic acids is 1. The van der Waals surface area contributed by atoms with Crippen LogP contribution in [0, 0.1) is 11.3 Å². The second-order valence-corrected chi connectivity index (χ2v) is 9.34. The van der Waals surface area contributed by atoms with Crippen LogP contribution in [-0.4, -0.2) is 12.6 Å². The average Bonchev–Trinajstić information content (AvgIpc) is 2.87. The molecule has 0 aromatic heterocycles. The highest BCUT2D eigenvalue weighted by Crippen LogP contribution is 2.33. The van der Waals surface area contributed by atoms with Gasteiger partial charge in [-0.2, -0.15) is 5.26 Å². The van der Waals surface area contributed by atoms with Crippen LogP contribution in [0.4, 0.5) is 0 Å². The number of hydrogen-bond donors (Lipinski definition) is 0. The van der Waals surface area contributed by atoms with E-state index in [-0.39, 0.29) is 5.97 Å². The molecule has 0 fully saturated rings. The standard InChI is InChI=1S/C29H28ClNO2S/c30-27-19-11-9-18-26(27)29(32)33-21-13-4-2-1-3-6-14-23(22-31)25-17-10-12-20-28(25)34-24-15-7-5-8-16-24/h5,7-12,14-20H,1-4,6,13,21H2/b23-14+. The second kappa shape index (κ2) is 14.3. The lowest BCUT2D eigenvalue weighted by atomic mass is 10.0. The highest BCUT2D eigenvalue weighted by atomic mass is 35.5. The summed E-state index contributed by atoms with van der Waals surface area (Å²) in [5.74, 6) is -0.370. The molecule has 0 atom stereocenters. The molecule has 3 aromatic carbocycles. The first-order chi connectivity index (χ1) is 16.7. The zero-order valence-corrected chi connectivity index (χ0v) is 20.7. The summed E-state index contributed by atoms with van der Waals surface area (Å²) in [7, 11) is 0. The van der Waals surface area contributed by atoms with E-state index >= 15 is 0 Å². The Balaban J connectivity index is 1.38. The van der Waals surface area contributed by atoms with Crippen molar-refractivity contribution < 1.29 is 9.53 Å². The Hall–Kier alpha value is -3.00. The molecule has 0 saturated heterocycles. The maximum Gasteiger partial charge on any atom is 0.339 e. The SMILES string of the molecule is N#C/C(=C\CCCCCCCOC(=O)c1ccccc1Cl)c1ccccc1Sc1ccccc1. The molecule has 0 aliphatic heterocycles. The van der Waals surface area contributed by atoms with Gasteiger partial charge in [0.1, 0.15) is 0 Å². The Labute approximate surface area is 211 Å². The predicted octanol–water partition coefficient (Wildman–Crippen LogP) is 8.60. The first-order valence-electron chi connectivity index (χ1n) is 11.5. The van der Waals surface area contributed by atoms with Gasteiger partial charge in [-0.15, -0.1) is 0 Å². The van der Waals surface area contributed by atoms with Crippen molar-refractivity contribution in [2.45, 2.75) is 48.3 Å². The Morgan fingerprint density at radius 2 is 1.50 bits per heavy atom. The molecule has 174 valence electrons. The van der Waals surface area contributed by atoms with Crippen LogP contribution in [-0.2, 0) is 4.74 Å². The van der Waals surface area contributed by atoms with E-state index in [1.54, 1.807) is 36.0 Å². The first-order valence-corrected chi connectivity index (χ1v) is 12.7. The summed E-state index contributed by atoms with van der Waals surface area (Å²) in [5.41, 5.74) is 2.12. The molecule has 3 rings (SSSR count). The Bertz CT molecular complexity index is 1140. The van der Waals surface area contributed by atoms with Gasteiger partial charge in [0.15, 0.2) is 0 Å². The van der Waals surface area contributed by atoms with E-state index in [2.05, 4.69) is 30.3 Å². The molecule has 0 radical (unpaired) electrons. The van der Waals surface area contributed by atoms with Crippen LogP contribution in [0.2, 0.25) is 5.02 Å². The van der Waals surface area contributed by atoms with E-state index in [1.165, 1.54) is 0 Å². The lowest BCUT2D eigenvalue weighted by Gasteiger charge is -2.08. The fourth-order valence-electron chi connectivity index (χ4n) is 3.50. The van der Waals surface area contributed by atoms with Gasteiger partial charge >= 0.3 is 5.97 Å². The molecular formula is C29H28ClNO2S. The molecule has 0 unspecified atom stereocenters. The lowest BCUT2D eigenvalue weighted by Crippen LogP contribution is -2.07. The van der Waals surface area contributed by atoms with E-state index in [0.717, 1.165) is 59.5 Å². The summed E-state index contributed by atoms with van der Waals surface area (Å²) in [6, 6.07) is 27.6. The first kappa shape index (κ1) is 25.6. The van der Waals surface area contributed by atoms with Crippen molar-refractivity contribution in [3.05, 3.63) is 101 Å². The quantitative estimate of drug-likeness (QED) is 0.145. The van der Waals surface area contributed by atoms with Crippen LogP contribution in [0.3, 0.4) is 0 Å². The van der Waals surface area contributed by atoms with Crippen LogP contribution in [0.1, 0.15) is 54.4 Å². The third-order valence-corrected chi connectivity index (χ3v) is 6.71. The number of nitriles is 1. The average molecular weight is 490 g/mol. The fourth-order valence-corrected chi connectivity index (χ4v) is 4.70. The summed E-state index contributed by atoms with van der Waals surface area (Å²) < 4.78 is 5.31. The summed E-state index contributed by atoms with van der Waals surface area (Å²) in [6.45, 7) is 0.401. The topological polar surface area (TPSA) is 50.1 Å². The Morgan fingerprint density at radius 1 is 0.853 bits per heavy atom. The minimum Gasteiger partial charge on any atom is -0.462 e. The van der Waals surface area contributed by atoms with E-state index < -0.39 is 0 Å². The minimum atomic E-state index is -0.370. The number of benzene rings is 3. The van der Waals surface area contributed by atoms with Crippen LogP contribution in [0.25, 0.3) is 5.57 Å². The number of rotatable bonds is 12. The van der Waals surface area contributed by atoms with Gasteiger partial charge in [-0.3, -0.25) is 0 Å². The van der Waals surface area contributed by atoms with E-state index in [9.17, 15) is 10.1 Å². The largest absolute Gasteiger partial charge is 0.462 e. The number of halogens is 1. The molecule has 0 amide bonds. The van der Waals surface area contributed by atoms with Crippen molar-refractivity contribution in [1.29, 1.82) is 5.26 Å². The van der Waals surface area contributed by atoms with Crippen LogP contribution >= 0.6 is 23.4 Å². The van der Waals surface area contributed by atoms with E-state index in [1.807, 2.05) is 36.4 Å². The van der Waals surface area contributed by atoms with Gasteiger partial charge in [0.25, 0.3) is 0 Å². The number of carbonyl (C=O) groups is 1. The zero-order chi connectivity index (χ0) is 24.0. The maximum absolute atomic E-state index is 12.0. The van der Waals surface area contributed by atoms with Gasteiger partial charge in [-0.25, -0.2) is 4.79 Å².